The molecule has 0 fully saturated rings. The topological polar surface area (TPSA) is 45.7 Å². The predicted molar refractivity (Wildman–Crippen MR) is 88.6 cm³/mol. The number of hydrogen-bond acceptors (Lipinski definition) is 2. The molecule has 0 heterocycles. The lowest BCUT2D eigenvalue weighted by molar-refractivity contribution is 0.322. The number of guanidine groups is 1. The quantitative estimate of drug-likeness (QED) is 0.377. The molecule has 1 aliphatic rings. The third-order valence-electron chi connectivity index (χ3n) is 3.14. The van der Waals surface area contributed by atoms with E-state index in [1.807, 2.05) is 6.07 Å². The van der Waals surface area contributed by atoms with Gasteiger partial charge in [0.05, 0.1) is 11.6 Å². The van der Waals surface area contributed by atoms with Crippen molar-refractivity contribution < 1.29 is 4.74 Å². The van der Waals surface area contributed by atoms with Gasteiger partial charge in [-0.2, -0.15) is 0 Å². The molecule has 0 radical (unpaired) electrons. The van der Waals surface area contributed by atoms with Gasteiger partial charge in [-0.3, -0.25) is 4.99 Å². The second-order valence-electron chi connectivity index (χ2n) is 4.68. The van der Waals surface area contributed by atoms with Crippen LogP contribution in [0.5, 0.6) is 5.75 Å². The lowest BCUT2D eigenvalue weighted by Crippen LogP contribution is -2.43. The van der Waals surface area contributed by atoms with Gasteiger partial charge in [-0.25, -0.2) is 0 Å². The minimum Gasteiger partial charge on any atom is -0.490 e. The highest BCUT2D eigenvalue weighted by atomic mass is 35.5. The zero-order valence-electron chi connectivity index (χ0n) is 11.9. The monoisotopic (exact) mass is 327 g/mol. The van der Waals surface area contributed by atoms with Crippen LogP contribution < -0.4 is 15.4 Å². The zero-order chi connectivity index (χ0) is 15.1. The van der Waals surface area contributed by atoms with Crippen LogP contribution in [0, 0.1) is 0 Å². The smallest absolute Gasteiger partial charge is 0.191 e. The summed E-state index contributed by atoms with van der Waals surface area (Å²) in [5.41, 5.74) is 0. The number of nitrogens with one attached hydrogen (secondary N) is 2. The van der Waals surface area contributed by atoms with E-state index in [1.54, 1.807) is 19.2 Å². The molecule has 0 atom stereocenters. The van der Waals surface area contributed by atoms with Gasteiger partial charge in [0.1, 0.15) is 17.4 Å². The van der Waals surface area contributed by atoms with Gasteiger partial charge in [0.25, 0.3) is 0 Å². The fourth-order valence-corrected chi connectivity index (χ4v) is 2.40. The van der Waals surface area contributed by atoms with Gasteiger partial charge < -0.3 is 15.4 Å². The number of aliphatic imine (C=N–C) groups is 1. The highest BCUT2D eigenvalue weighted by Crippen LogP contribution is 2.31. The van der Waals surface area contributed by atoms with Gasteiger partial charge in [-0.15, -0.1) is 0 Å². The molecule has 4 nitrogen and oxygen atoms in total. The molecule has 1 aliphatic carbocycles. The van der Waals surface area contributed by atoms with E-state index in [0.29, 0.717) is 35.0 Å². The molecule has 0 unspecified atom stereocenters. The average Bonchev–Trinajstić information content (AvgIpc) is 2.99. The van der Waals surface area contributed by atoms with E-state index in [4.69, 9.17) is 27.9 Å². The molecule has 21 heavy (non-hydrogen) atoms. The normalized spacial score (nSPS) is 15.3. The summed E-state index contributed by atoms with van der Waals surface area (Å²) in [4.78, 5) is 4.19. The van der Waals surface area contributed by atoms with Crippen molar-refractivity contribution in [3.63, 3.8) is 0 Å². The number of ether oxygens (including phenoxy) is 1. The first-order valence-corrected chi connectivity index (χ1v) is 7.65. The van der Waals surface area contributed by atoms with E-state index in [-0.39, 0.29) is 0 Å². The average molecular weight is 328 g/mol. The number of benzene rings is 1. The van der Waals surface area contributed by atoms with Gasteiger partial charge in [-0.05, 0) is 25.0 Å². The number of halogens is 2. The fourth-order valence-electron chi connectivity index (χ4n) is 2.05. The van der Waals surface area contributed by atoms with Crippen molar-refractivity contribution in [2.45, 2.75) is 18.9 Å². The van der Waals surface area contributed by atoms with Crippen molar-refractivity contribution in [3.05, 3.63) is 40.4 Å². The zero-order valence-corrected chi connectivity index (χ0v) is 13.4. The van der Waals surface area contributed by atoms with Gasteiger partial charge in [0.2, 0.25) is 0 Å². The Morgan fingerprint density at radius 1 is 1.33 bits per heavy atom. The Kier molecular flexibility index (Phi) is 6.21. The van der Waals surface area contributed by atoms with Gasteiger partial charge in [0, 0.05) is 13.1 Å². The van der Waals surface area contributed by atoms with Crippen LogP contribution in [0.2, 0.25) is 10.0 Å². The SMILES string of the molecule is CN=C(NCCOc1cccc(Cl)c1Cl)NC1CC=CC1. The minimum atomic E-state index is 0.430. The second kappa shape index (κ2) is 8.15. The maximum Gasteiger partial charge on any atom is 0.191 e. The van der Waals surface area contributed by atoms with Crippen LogP contribution >= 0.6 is 23.2 Å². The molecule has 0 amide bonds. The van der Waals surface area contributed by atoms with E-state index >= 15 is 0 Å². The third kappa shape index (κ3) is 4.83. The van der Waals surface area contributed by atoms with Crippen molar-refractivity contribution in [2.75, 3.05) is 20.2 Å². The standard InChI is InChI=1S/C15H19Cl2N3O/c1-18-15(20-11-5-2-3-6-11)19-9-10-21-13-8-4-7-12(16)14(13)17/h2-4,7-8,11H,5-6,9-10H2,1H3,(H2,18,19,20). The summed E-state index contributed by atoms with van der Waals surface area (Å²) >= 11 is 12.0. The molecule has 0 spiro atoms. The molecule has 0 aromatic heterocycles. The fraction of sp³-hybridized carbons (Fsp3) is 0.400. The molecule has 2 N–H and O–H groups in total. The molecule has 0 bridgehead atoms. The van der Waals surface area contributed by atoms with Crippen LogP contribution in [0.25, 0.3) is 0 Å². The summed E-state index contributed by atoms with van der Waals surface area (Å²) in [5, 5.41) is 7.51. The first-order chi connectivity index (χ1) is 10.2. The van der Waals surface area contributed by atoms with Crippen LogP contribution in [-0.2, 0) is 0 Å². The molecular formula is C15H19Cl2N3O. The van der Waals surface area contributed by atoms with Crippen LogP contribution in [0.15, 0.2) is 35.3 Å². The van der Waals surface area contributed by atoms with Crippen molar-refractivity contribution in [1.82, 2.24) is 10.6 Å². The van der Waals surface area contributed by atoms with Crippen molar-refractivity contribution in [3.8, 4) is 5.75 Å². The Morgan fingerprint density at radius 2 is 2.10 bits per heavy atom. The van der Waals surface area contributed by atoms with E-state index in [1.165, 1.54) is 0 Å². The first-order valence-electron chi connectivity index (χ1n) is 6.89. The Balaban J connectivity index is 1.72. The first kappa shape index (κ1) is 16.0. The van der Waals surface area contributed by atoms with E-state index < -0.39 is 0 Å². The summed E-state index contributed by atoms with van der Waals surface area (Å²) in [6.45, 7) is 1.10. The lowest BCUT2D eigenvalue weighted by Gasteiger charge is -2.17. The lowest BCUT2D eigenvalue weighted by atomic mass is 10.2. The van der Waals surface area contributed by atoms with Crippen molar-refractivity contribution in [1.29, 1.82) is 0 Å². The summed E-state index contributed by atoms with van der Waals surface area (Å²) in [6, 6.07) is 5.77. The van der Waals surface area contributed by atoms with E-state index in [9.17, 15) is 0 Å². The van der Waals surface area contributed by atoms with Crippen LogP contribution in [0.3, 0.4) is 0 Å². The van der Waals surface area contributed by atoms with Gasteiger partial charge >= 0.3 is 0 Å². The summed E-state index contributed by atoms with van der Waals surface area (Å²) in [7, 11) is 1.76. The summed E-state index contributed by atoms with van der Waals surface area (Å²) in [6.07, 6.45) is 6.43. The molecule has 2 rings (SSSR count). The number of rotatable bonds is 5. The maximum absolute atomic E-state index is 6.05. The summed E-state index contributed by atoms with van der Waals surface area (Å²) in [5.74, 6) is 1.37. The largest absolute Gasteiger partial charge is 0.490 e. The second-order valence-corrected chi connectivity index (χ2v) is 5.47. The number of hydrogen-bond donors (Lipinski definition) is 2. The Hall–Kier alpha value is -1.39. The highest BCUT2D eigenvalue weighted by molar-refractivity contribution is 6.42. The van der Waals surface area contributed by atoms with E-state index in [2.05, 4.69) is 27.8 Å². The molecule has 0 saturated carbocycles. The van der Waals surface area contributed by atoms with Gasteiger partial charge in [-0.1, -0.05) is 41.4 Å². The molecule has 6 heteroatoms. The minimum absolute atomic E-state index is 0.430. The maximum atomic E-state index is 6.05. The van der Waals surface area contributed by atoms with Gasteiger partial charge in [0.15, 0.2) is 5.96 Å². The molecule has 0 saturated heterocycles. The Bertz CT molecular complexity index is 524. The highest BCUT2D eigenvalue weighted by Gasteiger charge is 2.11. The van der Waals surface area contributed by atoms with Crippen molar-refractivity contribution in [2.24, 2.45) is 4.99 Å². The van der Waals surface area contributed by atoms with Crippen LogP contribution in [0.1, 0.15) is 12.8 Å². The molecule has 0 aliphatic heterocycles. The van der Waals surface area contributed by atoms with Crippen LogP contribution in [0.4, 0.5) is 0 Å². The Morgan fingerprint density at radius 3 is 2.81 bits per heavy atom. The predicted octanol–water partition coefficient (Wildman–Crippen LogP) is 3.26. The summed E-state index contributed by atoms with van der Waals surface area (Å²) < 4.78 is 5.61. The molecule has 114 valence electrons. The third-order valence-corrected chi connectivity index (χ3v) is 3.94. The molecular weight excluding hydrogens is 309 g/mol. The van der Waals surface area contributed by atoms with Crippen molar-refractivity contribution >= 4 is 29.2 Å². The number of nitrogens with zero attached hydrogens (tertiary/aromatic N) is 1. The van der Waals surface area contributed by atoms with Crippen LogP contribution in [-0.4, -0.2) is 32.2 Å². The molecule has 1 aromatic carbocycles. The van der Waals surface area contributed by atoms with E-state index in [0.717, 1.165) is 18.8 Å². The Labute approximate surface area is 135 Å². The molecule has 1 aromatic rings.